The summed E-state index contributed by atoms with van der Waals surface area (Å²) in [5.74, 6) is 1.86. The average molecular weight is 308 g/mol. The van der Waals surface area contributed by atoms with Crippen LogP contribution in [0.4, 0.5) is 5.82 Å². The van der Waals surface area contributed by atoms with Crippen LogP contribution in [0, 0.1) is 11.3 Å². The SMILES string of the molecule is CN(c1ncnc2[nH]ccc12)[C@@H]1C[C@@H]2CNC[C@]2(C)C1.Cl. The maximum atomic E-state index is 4.52. The smallest absolute Gasteiger partial charge is 0.142 e. The van der Waals surface area contributed by atoms with E-state index in [4.69, 9.17) is 0 Å². The third kappa shape index (κ3) is 2.19. The molecule has 2 fully saturated rings. The number of aromatic amines is 1. The van der Waals surface area contributed by atoms with E-state index < -0.39 is 0 Å². The summed E-state index contributed by atoms with van der Waals surface area (Å²) in [6.45, 7) is 4.76. The highest BCUT2D eigenvalue weighted by Crippen LogP contribution is 2.47. The molecule has 0 spiro atoms. The van der Waals surface area contributed by atoms with E-state index in [1.54, 1.807) is 6.33 Å². The lowest BCUT2D eigenvalue weighted by atomic mass is 9.83. The first-order valence-corrected chi connectivity index (χ1v) is 7.39. The summed E-state index contributed by atoms with van der Waals surface area (Å²) in [4.78, 5) is 14.3. The molecule has 4 rings (SSSR count). The minimum Gasteiger partial charge on any atom is -0.356 e. The van der Waals surface area contributed by atoms with Crippen molar-refractivity contribution in [3.8, 4) is 0 Å². The Bertz CT molecular complexity index is 642. The topological polar surface area (TPSA) is 56.8 Å². The van der Waals surface area contributed by atoms with E-state index in [9.17, 15) is 0 Å². The van der Waals surface area contributed by atoms with E-state index in [2.05, 4.69) is 45.2 Å². The van der Waals surface area contributed by atoms with Gasteiger partial charge in [0.15, 0.2) is 0 Å². The van der Waals surface area contributed by atoms with Crippen molar-refractivity contribution in [2.24, 2.45) is 11.3 Å². The fourth-order valence-corrected chi connectivity index (χ4v) is 4.09. The summed E-state index contributed by atoms with van der Waals surface area (Å²) in [6, 6.07) is 2.65. The Labute approximate surface area is 130 Å². The predicted molar refractivity (Wildman–Crippen MR) is 87.0 cm³/mol. The van der Waals surface area contributed by atoms with Gasteiger partial charge in [-0.2, -0.15) is 0 Å². The van der Waals surface area contributed by atoms with Crippen LogP contribution >= 0.6 is 12.4 Å². The second kappa shape index (κ2) is 5.14. The maximum absolute atomic E-state index is 4.52. The molecule has 2 aliphatic rings. The Morgan fingerprint density at radius 2 is 2.24 bits per heavy atom. The van der Waals surface area contributed by atoms with Gasteiger partial charge in [0.25, 0.3) is 0 Å². The molecule has 21 heavy (non-hydrogen) atoms. The predicted octanol–water partition coefficient (Wildman–Crippen LogP) is 2.20. The van der Waals surface area contributed by atoms with Gasteiger partial charge in [0.2, 0.25) is 0 Å². The molecule has 6 heteroatoms. The number of nitrogens with zero attached hydrogens (tertiary/aromatic N) is 3. The number of halogens is 1. The Balaban J connectivity index is 0.00000132. The zero-order chi connectivity index (χ0) is 13.7. The standard InChI is InChI=1S/C15H21N5.ClH/c1-15-6-11(5-10(15)7-16-8-15)20(2)14-12-3-4-17-13(12)18-9-19-14;/h3-4,9-11,16H,5-8H2,1-2H3,(H,17,18,19);1H/t10-,11-,15+;/m1./s1. The number of rotatable bonds is 2. The molecule has 0 bridgehead atoms. The summed E-state index contributed by atoms with van der Waals surface area (Å²) < 4.78 is 0. The number of hydrogen-bond acceptors (Lipinski definition) is 4. The van der Waals surface area contributed by atoms with Gasteiger partial charge >= 0.3 is 0 Å². The molecule has 0 unspecified atom stereocenters. The molecule has 2 aromatic heterocycles. The molecule has 3 atom stereocenters. The van der Waals surface area contributed by atoms with Gasteiger partial charge in [-0.1, -0.05) is 6.92 Å². The lowest BCUT2D eigenvalue weighted by Gasteiger charge is -2.28. The molecule has 0 amide bonds. The molecule has 0 radical (unpaired) electrons. The molecule has 3 heterocycles. The molecule has 1 saturated heterocycles. The second-order valence-electron chi connectivity index (χ2n) is 6.62. The lowest BCUT2D eigenvalue weighted by molar-refractivity contribution is 0.304. The van der Waals surface area contributed by atoms with Crippen molar-refractivity contribution >= 4 is 29.3 Å². The van der Waals surface area contributed by atoms with E-state index in [1.807, 2.05) is 6.20 Å². The molecular weight excluding hydrogens is 286 g/mol. The summed E-state index contributed by atoms with van der Waals surface area (Å²) in [5.41, 5.74) is 1.39. The Kier molecular flexibility index (Phi) is 3.58. The van der Waals surface area contributed by atoms with Gasteiger partial charge in [-0.05, 0) is 36.8 Å². The first kappa shape index (κ1) is 14.6. The zero-order valence-corrected chi connectivity index (χ0v) is 13.3. The highest BCUT2D eigenvalue weighted by Gasteiger charge is 2.48. The fourth-order valence-electron chi connectivity index (χ4n) is 4.09. The first-order valence-electron chi connectivity index (χ1n) is 7.39. The van der Waals surface area contributed by atoms with Gasteiger partial charge in [0.1, 0.15) is 17.8 Å². The zero-order valence-electron chi connectivity index (χ0n) is 12.5. The van der Waals surface area contributed by atoms with Crippen molar-refractivity contribution in [1.82, 2.24) is 20.3 Å². The van der Waals surface area contributed by atoms with Gasteiger partial charge < -0.3 is 15.2 Å². The fraction of sp³-hybridized carbons (Fsp3) is 0.600. The molecule has 2 aromatic rings. The highest BCUT2D eigenvalue weighted by atomic mass is 35.5. The van der Waals surface area contributed by atoms with E-state index in [1.165, 1.54) is 19.4 Å². The molecule has 5 nitrogen and oxygen atoms in total. The van der Waals surface area contributed by atoms with Crippen LogP contribution in [0.3, 0.4) is 0 Å². The molecule has 2 N–H and O–H groups in total. The number of aromatic nitrogens is 3. The third-order valence-electron chi connectivity index (χ3n) is 5.38. The first-order chi connectivity index (χ1) is 9.67. The van der Waals surface area contributed by atoms with Crippen molar-refractivity contribution in [2.45, 2.75) is 25.8 Å². The Hall–Kier alpha value is -1.33. The van der Waals surface area contributed by atoms with Crippen molar-refractivity contribution < 1.29 is 0 Å². The molecule has 0 aromatic carbocycles. The normalized spacial score (nSPS) is 31.1. The molecule has 1 aliphatic heterocycles. The van der Waals surface area contributed by atoms with Crippen LogP contribution in [0.15, 0.2) is 18.6 Å². The largest absolute Gasteiger partial charge is 0.356 e. The molecule has 1 aliphatic carbocycles. The van der Waals surface area contributed by atoms with Gasteiger partial charge in [0, 0.05) is 25.8 Å². The molecular formula is C15H22ClN5. The number of hydrogen-bond donors (Lipinski definition) is 2. The van der Waals surface area contributed by atoms with Crippen LogP contribution < -0.4 is 10.2 Å². The van der Waals surface area contributed by atoms with E-state index in [0.717, 1.165) is 29.3 Å². The summed E-state index contributed by atoms with van der Waals surface area (Å²) in [7, 11) is 2.18. The number of nitrogens with one attached hydrogen (secondary N) is 2. The monoisotopic (exact) mass is 307 g/mol. The summed E-state index contributed by atoms with van der Waals surface area (Å²) >= 11 is 0. The van der Waals surface area contributed by atoms with Crippen molar-refractivity contribution in [3.05, 3.63) is 18.6 Å². The number of anilines is 1. The third-order valence-corrected chi connectivity index (χ3v) is 5.38. The minimum atomic E-state index is 0. The maximum Gasteiger partial charge on any atom is 0.142 e. The second-order valence-corrected chi connectivity index (χ2v) is 6.62. The van der Waals surface area contributed by atoms with Gasteiger partial charge in [-0.15, -0.1) is 12.4 Å². The van der Waals surface area contributed by atoms with Gasteiger partial charge in [-0.25, -0.2) is 9.97 Å². The summed E-state index contributed by atoms with van der Waals surface area (Å²) in [5, 5.41) is 4.66. The average Bonchev–Trinajstić information content (AvgIpc) is 3.09. The van der Waals surface area contributed by atoms with Crippen molar-refractivity contribution in [3.63, 3.8) is 0 Å². The lowest BCUT2D eigenvalue weighted by Crippen LogP contribution is -2.33. The molecule has 114 valence electrons. The van der Waals surface area contributed by atoms with E-state index in [-0.39, 0.29) is 12.4 Å². The minimum absolute atomic E-state index is 0. The van der Waals surface area contributed by atoms with Gasteiger partial charge in [-0.3, -0.25) is 0 Å². The van der Waals surface area contributed by atoms with Crippen LogP contribution in [0.1, 0.15) is 19.8 Å². The summed E-state index contributed by atoms with van der Waals surface area (Å²) in [6.07, 6.45) is 6.10. The van der Waals surface area contributed by atoms with Crippen LogP contribution in [-0.4, -0.2) is 41.1 Å². The highest BCUT2D eigenvalue weighted by molar-refractivity contribution is 5.87. The van der Waals surface area contributed by atoms with Crippen LogP contribution in [0.5, 0.6) is 0 Å². The van der Waals surface area contributed by atoms with Crippen LogP contribution in [0.25, 0.3) is 11.0 Å². The van der Waals surface area contributed by atoms with Crippen LogP contribution in [0.2, 0.25) is 0 Å². The number of fused-ring (bicyclic) bond motifs is 2. The van der Waals surface area contributed by atoms with Gasteiger partial charge in [0.05, 0.1) is 5.39 Å². The van der Waals surface area contributed by atoms with Crippen molar-refractivity contribution in [2.75, 3.05) is 25.0 Å². The molecule has 1 saturated carbocycles. The Morgan fingerprint density at radius 3 is 3.05 bits per heavy atom. The quantitative estimate of drug-likeness (QED) is 0.893. The van der Waals surface area contributed by atoms with E-state index >= 15 is 0 Å². The number of H-pyrrole nitrogens is 1. The van der Waals surface area contributed by atoms with Crippen molar-refractivity contribution in [1.29, 1.82) is 0 Å². The Morgan fingerprint density at radius 1 is 1.38 bits per heavy atom. The van der Waals surface area contributed by atoms with Crippen LogP contribution in [-0.2, 0) is 0 Å². The van der Waals surface area contributed by atoms with E-state index in [0.29, 0.717) is 11.5 Å².